The Bertz CT molecular complexity index is 666. The van der Waals surface area contributed by atoms with Crippen LogP contribution in [0.2, 0.25) is 0 Å². The van der Waals surface area contributed by atoms with Crippen LogP contribution in [0.5, 0.6) is 5.75 Å². The summed E-state index contributed by atoms with van der Waals surface area (Å²) in [6.07, 6.45) is 2.45. The van der Waals surface area contributed by atoms with Crippen LogP contribution in [0.1, 0.15) is 25.5 Å². The maximum Gasteiger partial charge on any atom is 0.283 e. The monoisotopic (exact) mass is 351 g/mol. The van der Waals surface area contributed by atoms with Crippen LogP contribution in [0.25, 0.3) is 0 Å². The van der Waals surface area contributed by atoms with Gasteiger partial charge in [-0.2, -0.15) is 5.10 Å². The number of hydrogen-bond donors (Lipinski definition) is 2. The van der Waals surface area contributed by atoms with E-state index in [0.29, 0.717) is 16.7 Å². The molecule has 0 spiro atoms. The minimum Gasteiger partial charge on any atom is -0.508 e. The third kappa shape index (κ3) is 3.85. The van der Waals surface area contributed by atoms with Crippen molar-refractivity contribution in [2.45, 2.75) is 26.3 Å². The van der Waals surface area contributed by atoms with Crippen molar-refractivity contribution in [3.05, 3.63) is 50.9 Å². The Morgan fingerprint density at radius 1 is 1.33 bits per heavy atom. The summed E-state index contributed by atoms with van der Waals surface area (Å²) in [5, 5.41) is 16.6. The van der Waals surface area contributed by atoms with Gasteiger partial charge in [0.05, 0.1) is 17.9 Å². The van der Waals surface area contributed by atoms with Gasteiger partial charge in [-0.05, 0) is 53.9 Å². The largest absolute Gasteiger partial charge is 0.508 e. The topological polar surface area (TPSA) is 67.2 Å². The van der Waals surface area contributed by atoms with Crippen molar-refractivity contribution in [1.29, 1.82) is 0 Å². The molecule has 1 aromatic carbocycles. The molecular formula is C15H18BrN3O2. The van der Waals surface area contributed by atoms with E-state index in [4.69, 9.17) is 0 Å². The van der Waals surface area contributed by atoms with Crippen LogP contribution in [-0.4, -0.2) is 21.4 Å². The van der Waals surface area contributed by atoms with E-state index < -0.39 is 0 Å². The summed E-state index contributed by atoms with van der Waals surface area (Å²) in [6.45, 7) is 4.51. The Labute approximate surface area is 131 Å². The fourth-order valence-corrected chi connectivity index (χ4v) is 2.36. The highest BCUT2D eigenvalue weighted by Crippen LogP contribution is 2.17. The van der Waals surface area contributed by atoms with Crippen molar-refractivity contribution in [2.75, 3.05) is 11.9 Å². The van der Waals surface area contributed by atoms with Crippen LogP contribution in [-0.2, 0) is 6.42 Å². The number of nitrogens with zero attached hydrogens (tertiary/aromatic N) is 2. The Morgan fingerprint density at radius 3 is 2.62 bits per heavy atom. The summed E-state index contributed by atoms with van der Waals surface area (Å²) in [4.78, 5) is 12.1. The minimum absolute atomic E-state index is 0.0276. The van der Waals surface area contributed by atoms with E-state index in [2.05, 4.69) is 26.3 Å². The highest BCUT2D eigenvalue weighted by atomic mass is 79.9. The molecule has 2 rings (SSSR count). The van der Waals surface area contributed by atoms with Crippen molar-refractivity contribution >= 4 is 21.6 Å². The number of aromatic nitrogens is 2. The molecular weight excluding hydrogens is 334 g/mol. The van der Waals surface area contributed by atoms with E-state index in [0.717, 1.165) is 12.0 Å². The maximum atomic E-state index is 12.1. The zero-order valence-corrected chi connectivity index (χ0v) is 13.6. The minimum atomic E-state index is -0.139. The predicted octanol–water partition coefficient (Wildman–Crippen LogP) is 2.95. The summed E-state index contributed by atoms with van der Waals surface area (Å²) in [5.74, 6) is 0.260. The van der Waals surface area contributed by atoms with Gasteiger partial charge < -0.3 is 10.4 Å². The van der Waals surface area contributed by atoms with Gasteiger partial charge in [0.25, 0.3) is 5.56 Å². The van der Waals surface area contributed by atoms with Crippen LogP contribution in [0, 0.1) is 0 Å². The number of rotatable bonds is 5. The van der Waals surface area contributed by atoms with E-state index in [1.807, 2.05) is 26.0 Å². The van der Waals surface area contributed by atoms with Crippen molar-refractivity contribution in [1.82, 2.24) is 9.78 Å². The number of hydrogen-bond acceptors (Lipinski definition) is 4. The summed E-state index contributed by atoms with van der Waals surface area (Å²) >= 11 is 3.33. The predicted molar refractivity (Wildman–Crippen MR) is 86.9 cm³/mol. The second kappa shape index (κ2) is 6.76. The number of halogens is 1. The van der Waals surface area contributed by atoms with Crippen LogP contribution >= 0.6 is 15.9 Å². The summed E-state index contributed by atoms with van der Waals surface area (Å²) < 4.78 is 1.94. The highest BCUT2D eigenvalue weighted by Gasteiger charge is 2.10. The summed E-state index contributed by atoms with van der Waals surface area (Å²) in [7, 11) is 0. The first-order valence-corrected chi connectivity index (χ1v) is 7.57. The normalized spacial score (nSPS) is 10.9. The van der Waals surface area contributed by atoms with Gasteiger partial charge in [0, 0.05) is 6.54 Å². The lowest BCUT2D eigenvalue weighted by Crippen LogP contribution is -2.26. The van der Waals surface area contributed by atoms with Gasteiger partial charge in [0.1, 0.15) is 10.2 Å². The van der Waals surface area contributed by atoms with Crippen molar-refractivity contribution in [3.63, 3.8) is 0 Å². The van der Waals surface area contributed by atoms with E-state index in [1.54, 1.807) is 18.3 Å². The molecule has 0 saturated carbocycles. The summed E-state index contributed by atoms with van der Waals surface area (Å²) in [5.41, 5.74) is 1.66. The Hall–Kier alpha value is -1.82. The maximum absolute atomic E-state index is 12.1. The number of phenolic OH excluding ortho intramolecular Hbond substituents is 1. The molecule has 6 heteroatoms. The molecule has 0 radical (unpaired) electrons. The molecule has 0 atom stereocenters. The van der Waals surface area contributed by atoms with E-state index in [9.17, 15) is 9.90 Å². The first-order chi connectivity index (χ1) is 9.99. The molecule has 0 saturated heterocycles. The SMILES string of the molecule is CC(C)n1ncc(NCCc2ccc(O)cc2)c(Br)c1=O. The second-order valence-corrected chi connectivity index (χ2v) is 5.85. The van der Waals surface area contributed by atoms with Crippen molar-refractivity contribution < 1.29 is 5.11 Å². The zero-order valence-electron chi connectivity index (χ0n) is 12.0. The third-order valence-electron chi connectivity index (χ3n) is 3.10. The molecule has 0 unspecified atom stereocenters. The average Bonchev–Trinajstić information content (AvgIpc) is 2.45. The molecule has 112 valence electrons. The average molecular weight is 352 g/mol. The molecule has 0 fully saturated rings. The van der Waals surface area contributed by atoms with Crippen molar-refractivity contribution in [2.24, 2.45) is 0 Å². The fraction of sp³-hybridized carbons (Fsp3) is 0.333. The smallest absolute Gasteiger partial charge is 0.283 e. The van der Waals surface area contributed by atoms with Crippen molar-refractivity contribution in [3.8, 4) is 5.75 Å². The van der Waals surface area contributed by atoms with Gasteiger partial charge in [0.2, 0.25) is 0 Å². The molecule has 0 aliphatic heterocycles. The number of anilines is 1. The highest BCUT2D eigenvalue weighted by molar-refractivity contribution is 9.10. The fourth-order valence-electron chi connectivity index (χ4n) is 1.94. The Kier molecular flexibility index (Phi) is 5.01. The van der Waals surface area contributed by atoms with Gasteiger partial charge in [-0.1, -0.05) is 12.1 Å². The molecule has 1 heterocycles. The third-order valence-corrected chi connectivity index (χ3v) is 3.86. The van der Waals surface area contributed by atoms with Crippen LogP contribution < -0.4 is 10.9 Å². The quantitative estimate of drug-likeness (QED) is 0.868. The molecule has 0 aliphatic carbocycles. The first-order valence-electron chi connectivity index (χ1n) is 6.78. The first kappa shape index (κ1) is 15.6. The molecule has 0 aliphatic rings. The van der Waals surface area contributed by atoms with E-state index in [1.165, 1.54) is 4.68 Å². The van der Waals surface area contributed by atoms with Gasteiger partial charge >= 0.3 is 0 Å². The lowest BCUT2D eigenvalue weighted by Gasteiger charge is -2.12. The Balaban J connectivity index is 2.02. The van der Waals surface area contributed by atoms with Gasteiger partial charge in [0.15, 0.2) is 0 Å². The number of phenols is 1. The second-order valence-electron chi connectivity index (χ2n) is 5.06. The molecule has 2 aromatic rings. The Morgan fingerprint density at radius 2 is 2.00 bits per heavy atom. The molecule has 0 bridgehead atoms. The standard InChI is InChI=1S/C15H18BrN3O2/c1-10(2)19-15(21)14(16)13(9-18-19)17-8-7-11-3-5-12(20)6-4-11/h3-6,9-10,17,20H,7-8H2,1-2H3. The number of nitrogens with one attached hydrogen (secondary N) is 1. The summed E-state index contributed by atoms with van der Waals surface area (Å²) in [6, 6.07) is 7.11. The molecule has 1 aromatic heterocycles. The van der Waals surface area contributed by atoms with Gasteiger partial charge in [-0.3, -0.25) is 4.79 Å². The van der Waals surface area contributed by atoms with Gasteiger partial charge in [-0.25, -0.2) is 4.68 Å². The van der Waals surface area contributed by atoms with E-state index >= 15 is 0 Å². The van der Waals surface area contributed by atoms with E-state index in [-0.39, 0.29) is 17.4 Å². The lowest BCUT2D eigenvalue weighted by atomic mass is 10.1. The molecule has 0 amide bonds. The number of aromatic hydroxyl groups is 1. The number of benzene rings is 1. The molecule has 2 N–H and O–H groups in total. The van der Waals surface area contributed by atoms with Gasteiger partial charge in [-0.15, -0.1) is 0 Å². The molecule has 21 heavy (non-hydrogen) atoms. The molecule has 5 nitrogen and oxygen atoms in total. The zero-order chi connectivity index (χ0) is 15.4. The van der Waals surface area contributed by atoms with Crippen LogP contribution in [0.3, 0.4) is 0 Å². The van der Waals surface area contributed by atoms with Crippen LogP contribution in [0.15, 0.2) is 39.7 Å². The van der Waals surface area contributed by atoms with Crippen LogP contribution in [0.4, 0.5) is 5.69 Å². The lowest BCUT2D eigenvalue weighted by molar-refractivity contribution is 0.475.